The molecule has 1 amide bonds. The summed E-state index contributed by atoms with van der Waals surface area (Å²) in [6.07, 6.45) is 0. The predicted octanol–water partition coefficient (Wildman–Crippen LogP) is 5.09. The summed E-state index contributed by atoms with van der Waals surface area (Å²) in [5.41, 5.74) is -0.834. The number of amides is 1. The summed E-state index contributed by atoms with van der Waals surface area (Å²) in [5.74, 6) is -5.35. The molecule has 2 aromatic carbocycles. The minimum atomic E-state index is -1.44. The molecule has 0 saturated carbocycles. The van der Waals surface area contributed by atoms with Crippen LogP contribution in [0.2, 0.25) is 0 Å². The van der Waals surface area contributed by atoms with Crippen LogP contribution in [-0.2, 0) is 10.4 Å². The lowest BCUT2D eigenvalue weighted by Crippen LogP contribution is -2.57. The molecule has 2 aromatic rings. The Morgan fingerprint density at radius 2 is 1.56 bits per heavy atom. The van der Waals surface area contributed by atoms with E-state index in [-0.39, 0.29) is 43.0 Å². The van der Waals surface area contributed by atoms with E-state index >= 15 is 0 Å². The van der Waals surface area contributed by atoms with Gasteiger partial charge in [-0.2, -0.15) is 0 Å². The van der Waals surface area contributed by atoms with E-state index in [1.807, 2.05) is 13.8 Å². The van der Waals surface area contributed by atoms with Crippen molar-refractivity contribution < 1.29 is 27.5 Å². The van der Waals surface area contributed by atoms with Crippen LogP contribution in [0.1, 0.15) is 44.7 Å². The van der Waals surface area contributed by atoms with Crippen LogP contribution in [0, 0.1) is 41.0 Å². The van der Waals surface area contributed by atoms with Crippen molar-refractivity contribution in [2.24, 2.45) is 17.8 Å². The molecule has 2 unspecified atom stereocenters. The third kappa shape index (κ3) is 5.00. The quantitative estimate of drug-likeness (QED) is 0.562. The van der Waals surface area contributed by atoms with Gasteiger partial charge in [-0.05, 0) is 43.2 Å². The highest BCUT2D eigenvalue weighted by atomic mass is 35.5. The minimum Gasteiger partial charge on any atom is -0.384 e. The van der Waals surface area contributed by atoms with Gasteiger partial charge in [-0.1, -0.05) is 26.0 Å². The largest absolute Gasteiger partial charge is 0.384 e. The van der Waals surface area contributed by atoms with Crippen molar-refractivity contribution in [2.75, 3.05) is 26.2 Å². The molecule has 4 nitrogen and oxygen atoms in total. The zero-order valence-electron chi connectivity index (χ0n) is 20.8. The lowest BCUT2D eigenvalue weighted by molar-refractivity contribution is -0.152. The Bertz CT molecular complexity index is 1100. The second-order valence-corrected chi connectivity index (χ2v) is 10.4. The number of piperidine rings is 1. The fraction of sp³-hybridized carbons (Fsp3) is 0.519. The molecule has 0 bridgehead atoms. The zero-order valence-corrected chi connectivity index (χ0v) is 21.7. The third-order valence-electron chi connectivity index (χ3n) is 7.94. The smallest absolute Gasteiger partial charge is 0.227 e. The van der Waals surface area contributed by atoms with Crippen LogP contribution in [0.15, 0.2) is 36.4 Å². The fourth-order valence-corrected chi connectivity index (χ4v) is 5.85. The van der Waals surface area contributed by atoms with Crippen LogP contribution >= 0.6 is 12.4 Å². The highest BCUT2D eigenvalue weighted by molar-refractivity contribution is 5.85. The van der Waals surface area contributed by atoms with Gasteiger partial charge in [0, 0.05) is 56.0 Å². The first-order valence-electron chi connectivity index (χ1n) is 12.1. The number of carbonyl (C=O) groups is 1. The number of hydrogen-bond donors (Lipinski definition) is 1. The van der Waals surface area contributed by atoms with Gasteiger partial charge in [0.2, 0.25) is 5.91 Å². The van der Waals surface area contributed by atoms with Crippen molar-refractivity contribution in [3.05, 3.63) is 70.8 Å². The summed E-state index contributed by atoms with van der Waals surface area (Å²) in [4.78, 5) is 17.6. The topological polar surface area (TPSA) is 43.8 Å². The maximum absolute atomic E-state index is 14.7. The normalized spacial score (nSPS) is 28.9. The van der Waals surface area contributed by atoms with Gasteiger partial charge in [-0.15, -0.1) is 12.4 Å². The van der Waals surface area contributed by atoms with Crippen molar-refractivity contribution in [2.45, 2.75) is 45.3 Å². The number of halogens is 5. The molecular formula is C27H33ClF4N2O2. The molecule has 0 radical (unpaired) electrons. The Kier molecular flexibility index (Phi) is 8.43. The molecule has 2 aliphatic rings. The third-order valence-corrected chi connectivity index (χ3v) is 7.94. The number of aliphatic hydroxyl groups is 1. The number of hydrogen-bond acceptors (Lipinski definition) is 3. The second-order valence-electron chi connectivity index (χ2n) is 10.4. The second kappa shape index (κ2) is 10.7. The van der Waals surface area contributed by atoms with Crippen molar-refractivity contribution in [1.29, 1.82) is 0 Å². The molecule has 2 aliphatic heterocycles. The lowest BCUT2D eigenvalue weighted by Gasteiger charge is -2.48. The molecule has 2 fully saturated rings. The van der Waals surface area contributed by atoms with Gasteiger partial charge in [0.1, 0.15) is 11.6 Å². The van der Waals surface area contributed by atoms with Gasteiger partial charge in [0.15, 0.2) is 11.6 Å². The van der Waals surface area contributed by atoms with E-state index in [1.165, 1.54) is 18.2 Å². The average molecular weight is 529 g/mol. The Labute approximate surface area is 215 Å². The molecule has 9 heteroatoms. The first-order valence-corrected chi connectivity index (χ1v) is 12.1. The number of nitrogens with zero attached hydrogens (tertiary/aromatic N) is 2. The van der Waals surface area contributed by atoms with Gasteiger partial charge >= 0.3 is 0 Å². The van der Waals surface area contributed by atoms with E-state index in [1.54, 1.807) is 18.7 Å². The van der Waals surface area contributed by atoms with Gasteiger partial charge in [-0.25, -0.2) is 17.6 Å². The molecule has 0 aliphatic carbocycles. The van der Waals surface area contributed by atoms with E-state index in [0.29, 0.717) is 18.7 Å². The number of rotatable bonds is 4. The highest BCUT2D eigenvalue weighted by Crippen LogP contribution is 2.43. The Morgan fingerprint density at radius 1 is 0.917 bits per heavy atom. The molecule has 198 valence electrons. The van der Waals surface area contributed by atoms with Gasteiger partial charge in [0.05, 0.1) is 11.5 Å². The molecule has 36 heavy (non-hydrogen) atoms. The summed E-state index contributed by atoms with van der Waals surface area (Å²) in [5, 5.41) is 11.5. The van der Waals surface area contributed by atoms with E-state index in [0.717, 1.165) is 18.2 Å². The van der Waals surface area contributed by atoms with Crippen molar-refractivity contribution in [1.82, 2.24) is 9.80 Å². The van der Waals surface area contributed by atoms with Crippen LogP contribution in [0.4, 0.5) is 17.6 Å². The van der Waals surface area contributed by atoms with Crippen molar-refractivity contribution in [3.63, 3.8) is 0 Å². The van der Waals surface area contributed by atoms with Gasteiger partial charge in [0.25, 0.3) is 0 Å². The first-order chi connectivity index (χ1) is 16.4. The standard InChI is InChI=1S/C27H32F4N2O2.ClH/c1-15(2)32-13-21(20-7-6-19(28)10-24(20)30)22(14-32)26(34)33-11-16(3)27(35,17(4)12-33)18-5-8-23(29)25(31)9-18;/h5-10,15-17,21-22,35H,11-14H2,1-4H3;1H/t16?,17?,21-,22+,27?;/m0./s1. The zero-order chi connectivity index (χ0) is 25.7. The van der Waals surface area contributed by atoms with Crippen LogP contribution in [0.3, 0.4) is 0 Å². The number of likely N-dealkylation sites (tertiary alicyclic amines) is 2. The maximum atomic E-state index is 14.7. The molecule has 4 atom stereocenters. The van der Waals surface area contributed by atoms with Crippen molar-refractivity contribution in [3.8, 4) is 0 Å². The van der Waals surface area contributed by atoms with Crippen LogP contribution in [0.5, 0.6) is 0 Å². The molecule has 1 N–H and O–H groups in total. The predicted molar refractivity (Wildman–Crippen MR) is 132 cm³/mol. The van der Waals surface area contributed by atoms with E-state index < -0.39 is 52.5 Å². The molecule has 2 saturated heterocycles. The lowest BCUT2D eigenvalue weighted by atomic mass is 9.70. The summed E-state index contributed by atoms with van der Waals surface area (Å²) in [7, 11) is 0. The maximum Gasteiger partial charge on any atom is 0.227 e. The number of carbonyl (C=O) groups excluding carboxylic acids is 1. The van der Waals surface area contributed by atoms with E-state index in [4.69, 9.17) is 0 Å². The van der Waals surface area contributed by atoms with Crippen LogP contribution in [-0.4, -0.2) is 53.0 Å². The van der Waals surface area contributed by atoms with Gasteiger partial charge in [-0.3, -0.25) is 9.69 Å². The summed E-state index contributed by atoms with van der Waals surface area (Å²) in [6.45, 7) is 8.95. The van der Waals surface area contributed by atoms with E-state index in [9.17, 15) is 27.5 Å². The van der Waals surface area contributed by atoms with Crippen LogP contribution in [0.25, 0.3) is 0 Å². The SMILES string of the molecule is CC(C)N1C[C@@H](C(=O)N2CC(C)C(O)(c3ccc(F)c(F)c3)C(C)C2)[C@H](c2ccc(F)cc2F)C1.Cl. The van der Waals surface area contributed by atoms with Crippen molar-refractivity contribution >= 4 is 18.3 Å². The first kappa shape index (κ1) is 28.4. The molecule has 2 heterocycles. The van der Waals surface area contributed by atoms with Crippen LogP contribution < -0.4 is 0 Å². The van der Waals surface area contributed by atoms with Gasteiger partial charge < -0.3 is 10.0 Å². The molecule has 0 aromatic heterocycles. The monoisotopic (exact) mass is 528 g/mol. The molecule has 0 spiro atoms. The van der Waals surface area contributed by atoms with E-state index in [2.05, 4.69) is 4.90 Å². The Morgan fingerprint density at radius 3 is 2.11 bits per heavy atom. The number of benzene rings is 2. The Hall–Kier alpha value is -2.16. The fourth-order valence-electron chi connectivity index (χ4n) is 5.85. The highest BCUT2D eigenvalue weighted by Gasteiger charge is 2.49. The molecular weight excluding hydrogens is 496 g/mol. The minimum absolute atomic E-state index is 0. The molecule has 4 rings (SSSR count). The summed E-state index contributed by atoms with van der Waals surface area (Å²) >= 11 is 0. The summed E-state index contributed by atoms with van der Waals surface area (Å²) in [6, 6.07) is 7.03. The Balaban J connectivity index is 0.00000361. The summed E-state index contributed by atoms with van der Waals surface area (Å²) < 4.78 is 55.7. The average Bonchev–Trinajstić information content (AvgIpc) is 3.24.